The molecule has 0 saturated carbocycles. The van der Waals surface area contributed by atoms with Gasteiger partial charge in [0.05, 0.1) is 17.6 Å². The van der Waals surface area contributed by atoms with Crippen LogP contribution in [0.25, 0.3) is 0 Å². The Morgan fingerprint density at radius 3 is 2.77 bits per heavy atom. The van der Waals surface area contributed by atoms with Gasteiger partial charge in [0.2, 0.25) is 11.6 Å². The second kappa shape index (κ2) is 12.2. The molecule has 2 rings (SSSR count). The van der Waals surface area contributed by atoms with E-state index in [0.717, 1.165) is 12.2 Å². The lowest BCUT2D eigenvalue weighted by Crippen LogP contribution is -2.60. The standard InChI is InChI=1S/C21H37N5O3S2/c1-14(2)12-17(27)21(3)13-31-30-11-9-24-15(6-4-8-25-20(22)23)18(28)19(29)16-7-5-10-26(16)21/h14-16,24H,4-13H2,1-3H3,(H4,22,23,25)/t15-,16-,21?/m0/s1. The van der Waals surface area contributed by atoms with Crippen molar-refractivity contribution in [3.8, 4) is 0 Å². The van der Waals surface area contributed by atoms with Gasteiger partial charge in [-0.2, -0.15) is 0 Å². The van der Waals surface area contributed by atoms with E-state index in [1.54, 1.807) is 21.6 Å². The first-order chi connectivity index (χ1) is 14.7. The van der Waals surface area contributed by atoms with Gasteiger partial charge in [-0.25, -0.2) is 0 Å². The molecule has 31 heavy (non-hydrogen) atoms. The number of hydrogen-bond donors (Lipinski definition) is 4. The van der Waals surface area contributed by atoms with E-state index in [-0.39, 0.29) is 23.4 Å². The molecule has 0 aromatic heterocycles. The Morgan fingerprint density at radius 2 is 2.10 bits per heavy atom. The molecule has 2 fully saturated rings. The summed E-state index contributed by atoms with van der Waals surface area (Å²) in [5, 5.41) is 13.2. The molecule has 2 aliphatic rings. The fourth-order valence-corrected chi connectivity index (χ4v) is 6.73. The highest BCUT2D eigenvalue weighted by atomic mass is 33.1. The summed E-state index contributed by atoms with van der Waals surface area (Å²) in [4.78, 5) is 41.8. The van der Waals surface area contributed by atoms with Crippen LogP contribution in [-0.2, 0) is 14.4 Å². The minimum absolute atomic E-state index is 0.102. The van der Waals surface area contributed by atoms with E-state index in [2.05, 4.69) is 10.6 Å². The number of Topliss-reactive ketones (excluding diaryl/α,β-unsaturated/α-hetero) is 3. The number of nitrogens with two attached hydrogens (primary N) is 1. The topological polar surface area (TPSA) is 128 Å². The van der Waals surface area contributed by atoms with Gasteiger partial charge in [0.25, 0.3) is 0 Å². The van der Waals surface area contributed by atoms with Crippen LogP contribution in [0.5, 0.6) is 0 Å². The van der Waals surface area contributed by atoms with E-state index in [0.29, 0.717) is 51.1 Å². The van der Waals surface area contributed by atoms with E-state index < -0.39 is 23.4 Å². The van der Waals surface area contributed by atoms with Crippen molar-refractivity contribution in [1.82, 2.24) is 15.5 Å². The third-order valence-electron chi connectivity index (χ3n) is 5.93. The molecule has 0 spiro atoms. The predicted octanol–water partition coefficient (Wildman–Crippen LogP) is 1.58. The highest BCUT2D eigenvalue weighted by molar-refractivity contribution is 8.76. The summed E-state index contributed by atoms with van der Waals surface area (Å²) in [5.74, 6) is 0.930. The minimum Gasteiger partial charge on any atom is -0.370 e. The lowest BCUT2D eigenvalue weighted by molar-refractivity contribution is -0.143. The van der Waals surface area contributed by atoms with E-state index in [1.165, 1.54) is 0 Å². The van der Waals surface area contributed by atoms with Crippen molar-refractivity contribution in [3.05, 3.63) is 0 Å². The Kier molecular flexibility index (Phi) is 10.3. The van der Waals surface area contributed by atoms with Crippen molar-refractivity contribution < 1.29 is 14.4 Å². The molecule has 2 heterocycles. The highest BCUT2D eigenvalue weighted by Gasteiger charge is 2.48. The van der Waals surface area contributed by atoms with Crippen LogP contribution in [-0.4, -0.2) is 77.0 Å². The fourth-order valence-electron chi connectivity index (χ4n) is 4.23. The molecule has 5 N–H and O–H groups in total. The van der Waals surface area contributed by atoms with Crippen molar-refractivity contribution in [2.24, 2.45) is 11.7 Å². The second-order valence-corrected chi connectivity index (χ2v) is 11.5. The molecule has 2 aliphatic heterocycles. The summed E-state index contributed by atoms with van der Waals surface area (Å²) in [7, 11) is 3.38. The first-order valence-electron chi connectivity index (χ1n) is 11.1. The number of rotatable bonds is 7. The van der Waals surface area contributed by atoms with Crippen molar-refractivity contribution in [1.29, 1.82) is 5.41 Å². The van der Waals surface area contributed by atoms with Gasteiger partial charge in [-0.15, -0.1) is 0 Å². The third kappa shape index (κ3) is 7.20. The number of hydrogen-bond acceptors (Lipinski definition) is 8. The van der Waals surface area contributed by atoms with Crippen molar-refractivity contribution in [2.75, 3.05) is 31.1 Å². The molecular weight excluding hydrogens is 434 g/mol. The second-order valence-electron chi connectivity index (χ2n) is 8.95. The minimum atomic E-state index is -0.743. The number of nitrogens with zero attached hydrogens (tertiary/aromatic N) is 1. The SMILES string of the molecule is CC(C)CC(=O)C1(C)CSSCCN[C@@H](CCCNC(=N)N)C(=O)C(=O)[C@@H]2CCCN21. The normalized spacial score (nSPS) is 28.6. The van der Waals surface area contributed by atoms with E-state index in [4.69, 9.17) is 11.1 Å². The van der Waals surface area contributed by atoms with E-state index >= 15 is 0 Å². The molecule has 0 bridgehead atoms. The largest absolute Gasteiger partial charge is 0.370 e. The number of ketones is 3. The van der Waals surface area contributed by atoms with Gasteiger partial charge in [0.1, 0.15) is 0 Å². The number of guanidine groups is 1. The molecule has 0 aromatic rings. The average Bonchev–Trinajstić information content (AvgIpc) is 3.19. The van der Waals surface area contributed by atoms with Crippen LogP contribution in [0.15, 0.2) is 0 Å². The zero-order valence-corrected chi connectivity index (χ0v) is 20.5. The van der Waals surface area contributed by atoms with Gasteiger partial charge in [0, 0.05) is 31.0 Å². The zero-order chi connectivity index (χ0) is 23.0. The fraction of sp³-hybridized carbons (Fsp3) is 0.810. The molecule has 8 nitrogen and oxygen atoms in total. The Hall–Kier alpha value is -1.10. The number of fused-ring (bicyclic) bond motifs is 1. The van der Waals surface area contributed by atoms with Crippen LogP contribution < -0.4 is 16.4 Å². The van der Waals surface area contributed by atoms with E-state index in [9.17, 15) is 14.4 Å². The van der Waals surface area contributed by atoms with Crippen LogP contribution in [0.2, 0.25) is 0 Å². The van der Waals surface area contributed by atoms with Crippen molar-refractivity contribution in [3.63, 3.8) is 0 Å². The molecule has 3 atom stereocenters. The van der Waals surface area contributed by atoms with Gasteiger partial charge >= 0.3 is 0 Å². The number of carbonyl (C=O) groups excluding carboxylic acids is 3. The maximum atomic E-state index is 13.3. The van der Waals surface area contributed by atoms with Gasteiger partial charge in [0.15, 0.2) is 11.7 Å². The highest BCUT2D eigenvalue weighted by Crippen LogP contribution is 2.36. The predicted molar refractivity (Wildman–Crippen MR) is 128 cm³/mol. The van der Waals surface area contributed by atoms with Crippen LogP contribution >= 0.6 is 21.6 Å². The molecule has 1 unspecified atom stereocenters. The maximum absolute atomic E-state index is 13.3. The molecular formula is C21H37N5O3S2. The monoisotopic (exact) mass is 471 g/mol. The number of nitrogens with one attached hydrogen (secondary N) is 3. The quantitative estimate of drug-likeness (QED) is 0.144. The summed E-state index contributed by atoms with van der Waals surface area (Å²) in [5.41, 5.74) is 4.57. The lowest BCUT2D eigenvalue weighted by Gasteiger charge is -2.41. The Morgan fingerprint density at radius 1 is 1.35 bits per heavy atom. The van der Waals surface area contributed by atoms with E-state index in [1.807, 2.05) is 25.7 Å². The van der Waals surface area contributed by atoms with Gasteiger partial charge in [-0.1, -0.05) is 35.4 Å². The summed E-state index contributed by atoms with van der Waals surface area (Å²) in [6, 6.07) is -1.08. The van der Waals surface area contributed by atoms with Gasteiger partial charge in [-0.05, 0) is 45.1 Å². The number of carbonyl (C=O) groups is 3. The first kappa shape index (κ1) is 26.2. The lowest BCUT2D eigenvalue weighted by atomic mass is 9.88. The van der Waals surface area contributed by atoms with Crippen LogP contribution in [0.1, 0.15) is 52.9 Å². The molecule has 0 aromatic carbocycles. The molecule has 2 saturated heterocycles. The molecule has 10 heteroatoms. The summed E-state index contributed by atoms with van der Waals surface area (Å²) >= 11 is 0. The maximum Gasteiger partial charge on any atom is 0.217 e. The molecule has 0 aliphatic carbocycles. The Balaban J connectivity index is 2.21. The average molecular weight is 472 g/mol. The molecule has 0 amide bonds. The van der Waals surface area contributed by atoms with Crippen molar-refractivity contribution >= 4 is 44.9 Å². The van der Waals surface area contributed by atoms with Gasteiger partial charge < -0.3 is 16.4 Å². The Bertz CT molecular complexity index is 675. The van der Waals surface area contributed by atoms with Crippen LogP contribution in [0, 0.1) is 11.3 Å². The smallest absolute Gasteiger partial charge is 0.217 e. The Labute approximate surface area is 193 Å². The zero-order valence-electron chi connectivity index (χ0n) is 18.9. The summed E-state index contributed by atoms with van der Waals surface area (Å²) in [6.07, 6.45) is 3.02. The first-order valence-corrected chi connectivity index (χ1v) is 13.6. The molecule has 0 radical (unpaired) electrons. The van der Waals surface area contributed by atoms with Crippen molar-refractivity contribution in [2.45, 2.75) is 70.5 Å². The summed E-state index contributed by atoms with van der Waals surface area (Å²) < 4.78 is 0. The summed E-state index contributed by atoms with van der Waals surface area (Å²) in [6.45, 7) is 7.79. The van der Waals surface area contributed by atoms with Crippen LogP contribution in [0.3, 0.4) is 0 Å². The molecule has 176 valence electrons. The third-order valence-corrected chi connectivity index (χ3v) is 8.50. The van der Waals surface area contributed by atoms with Crippen LogP contribution in [0.4, 0.5) is 0 Å². The van der Waals surface area contributed by atoms with Gasteiger partial charge in [-0.3, -0.25) is 24.7 Å².